The lowest BCUT2D eigenvalue weighted by molar-refractivity contribution is -0.149. The summed E-state index contributed by atoms with van der Waals surface area (Å²) in [5, 5.41) is 0. The second kappa shape index (κ2) is 7.80. The predicted molar refractivity (Wildman–Crippen MR) is 55.4 cm³/mol. The van der Waals surface area contributed by atoms with Crippen molar-refractivity contribution < 1.29 is 42.2 Å². The first kappa shape index (κ1) is 16.6. The van der Waals surface area contributed by atoms with E-state index in [1.54, 1.807) is 0 Å². The van der Waals surface area contributed by atoms with Crippen molar-refractivity contribution in [3.05, 3.63) is 0 Å². The third-order valence-corrected chi connectivity index (χ3v) is 2.89. The summed E-state index contributed by atoms with van der Waals surface area (Å²) in [7, 11) is -3.38. The monoisotopic (exact) mass is 284 g/mol. The molecule has 0 amide bonds. The van der Waals surface area contributed by atoms with Gasteiger partial charge < -0.3 is 14.2 Å². The van der Waals surface area contributed by atoms with Crippen molar-refractivity contribution in [3.63, 3.8) is 0 Å². The van der Waals surface area contributed by atoms with Gasteiger partial charge in [0.2, 0.25) is 13.6 Å². The summed E-state index contributed by atoms with van der Waals surface area (Å²) in [6.07, 6.45) is 0. The molecule has 0 heterocycles. The summed E-state index contributed by atoms with van der Waals surface area (Å²) >= 11 is 0. The van der Waals surface area contributed by atoms with Crippen molar-refractivity contribution in [1.82, 2.24) is 0 Å². The van der Waals surface area contributed by atoms with E-state index in [2.05, 4.69) is 23.3 Å². The average molecular weight is 284 g/mol. The topological polar surface area (TPSA) is 114 Å². The van der Waals surface area contributed by atoms with Crippen molar-refractivity contribution >= 4 is 25.2 Å². The van der Waals surface area contributed by atoms with E-state index < -0.39 is 38.8 Å². The normalized spacial score (nSPS) is 10.6. The molecule has 0 fully saturated rings. The maximum Gasteiger partial charge on any atom is 0.444 e. The van der Waals surface area contributed by atoms with Crippen molar-refractivity contribution in [3.8, 4) is 0 Å². The van der Waals surface area contributed by atoms with E-state index in [1.165, 1.54) is 0 Å². The van der Waals surface area contributed by atoms with Crippen LogP contribution in [0, 0.1) is 0 Å². The number of carbonyl (C=O) groups is 3. The van der Waals surface area contributed by atoms with E-state index in [4.69, 9.17) is 0 Å². The van der Waals surface area contributed by atoms with Crippen molar-refractivity contribution in [2.24, 2.45) is 0 Å². The molecule has 0 aliphatic heterocycles. The van der Waals surface area contributed by atoms with Crippen molar-refractivity contribution in [2.45, 2.75) is 13.8 Å². The average Bonchev–Trinajstić information content (AvgIpc) is 2.26. The summed E-state index contributed by atoms with van der Waals surface area (Å²) in [6, 6.07) is 0. The lowest BCUT2D eigenvalue weighted by Gasteiger charge is -2.15. The summed E-state index contributed by atoms with van der Waals surface area (Å²) in [6.45, 7) is 0.655. The van der Waals surface area contributed by atoms with Gasteiger partial charge in [-0.15, -0.1) is 0 Å². The zero-order chi connectivity index (χ0) is 14.2. The maximum absolute atomic E-state index is 11.8. The predicted octanol–water partition coefficient (Wildman–Crippen LogP) is 1.02. The Labute approximate surface area is 103 Å². The zero-order valence-electron chi connectivity index (χ0n) is 10.0. The largest absolute Gasteiger partial charge is 0.460 e. The lowest BCUT2D eigenvalue weighted by Crippen LogP contribution is -2.13. The number of methoxy groups -OCH3 is 1. The van der Waals surface area contributed by atoms with E-state index in [1.807, 2.05) is 0 Å². The fourth-order valence-electron chi connectivity index (χ4n) is 0.612. The Morgan fingerprint density at radius 3 is 1.61 bits per heavy atom. The third kappa shape index (κ3) is 6.33. The fraction of sp³-hybridized carbons (Fsp3) is 0.625. The Morgan fingerprint density at radius 2 is 1.33 bits per heavy atom. The van der Waals surface area contributed by atoms with Crippen LogP contribution in [0.25, 0.3) is 0 Å². The Kier molecular flexibility index (Phi) is 7.18. The summed E-state index contributed by atoms with van der Waals surface area (Å²) in [5.41, 5.74) is -1.30. The Hall–Kier alpha value is -1.44. The molecule has 0 N–H and O–H groups in total. The molecule has 10 heteroatoms. The van der Waals surface area contributed by atoms with Gasteiger partial charge in [0.25, 0.3) is 0 Å². The van der Waals surface area contributed by atoms with Gasteiger partial charge in [0, 0.05) is 13.8 Å². The molecule has 0 aliphatic rings. The van der Waals surface area contributed by atoms with E-state index in [-0.39, 0.29) is 0 Å². The molecule has 0 radical (unpaired) electrons. The minimum atomic E-state index is -4.34. The first-order valence-corrected chi connectivity index (χ1v) is 6.10. The van der Waals surface area contributed by atoms with Crippen molar-refractivity contribution in [1.29, 1.82) is 0 Å². The van der Waals surface area contributed by atoms with Crippen LogP contribution >= 0.6 is 7.60 Å². The summed E-state index contributed by atoms with van der Waals surface area (Å²) < 4.78 is 33.7. The Morgan fingerprint density at radius 1 is 0.944 bits per heavy atom. The second-order valence-electron chi connectivity index (χ2n) is 2.73. The van der Waals surface area contributed by atoms with E-state index in [0.29, 0.717) is 0 Å². The van der Waals surface area contributed by atoms with Gasteiger partial charge in [-0.3, -0.25) is 18.6 Å². The highest BCUT2D eigenvalue weighted by atomic mass is 31.2. The quantitative estimate of drug-likeness (QED) is 0.292. The minimum absolute atomic E-state index is 0.702. The smallest absolute Gasteiger partial charge is 0.444 e. The minimum Gasteiger partial charge on any atom is -0.460 e. The first-order valence-electron chi connectivity index (χ1n) is 4.56. The number of hydrogen-bond donors (Lipinski definition) is 0. The molecule has 9 nitrogen and oxygen atoms in total. The van der Waals surface area contributed by atoms with Crippen LogP contribution in [-0.2, 0) is 37.4 Å². The highest BCUT2D eigenvalue weighted by Gasteiger charge is 2.37. The number of hydrogen-bond acceptors (Lipinski definition) is 9. The van der Waals surface area contributed by atoms with Gasteiger partial charge in [-0.1, -0.05) is 0 Å². The molecule has 0 aromatic rings. The van der Waals surface area contributed by atoms with Crippen LogP contribution in [0.3, 0.4) is 0 Å². The van der Waals surface area contributed by atoms with Crippen LogP contribution in [0.5, 0.6) is 0 Å². The molecule has 0 aliphatic carbocycles. The van der Waals surface area contributed by atoms with Crippen LogP contribution in [0.2, 0.25) is 0 Å². The van der Waals surface area contributed by atoms with Gasteiger partial charge in [-0.25, -0.2) is 9.36 Å². The number of esters is 2. The van der Waals surface area contributed by atoms with Gasteiger partial charge in [0.05, 0.1) is 7.11 Å². The molecule has 0 aromatic heterocycles. The molecule has 0 unspecified atom stereocenters. The molecule has 0 aromatic carbocycles. The maximum atomic E-state index is 11.8. The van der Waals surface area contributed by atoms with Crippen LogP contribution < -0.4 is 0 Å². The third-order valence-electron chi connectivity index (χ3n) is 1.37. The van der Waals surface area contributed by atoms with Gasteiger partial charge in [0.15, 0.2) is 0 Å². The molecule has 0 rings (SSSR count). The summed E-state index contributed by atoms with van der Waals surface area (Å²) in [5.74, 6) is -1.40. The molecule has 0 saturated carbocycles. The summed E-state index contributed by atoms with van der Waals surface area (Å²) in [4.78, 5) is 32.1. The van der Waals surface area contributed by atoms with Crippen LogP contribution in [0.4, 0.5) is 4.79 Å². The molecule has 0 bridgehead atoms. The van der Waals surface area contributed by atoms with Gasteiger partial charge in [-0.2, -0.15) is 0 Å². The molecule has 104 valence electrons. The molecule has 18 heavy (non-hydrogen) atoms. The molecule has 0 saturated heterocycles. The van der Waals surface area contributed by atoms with Gasteiger partial charge >= 0.3 is 25.2 Å². The first-order chi connectivity index (χ1) is 8.31. The zero-order valence-corrected chi connectivity index (χ0v) is 10.9. The SMILES string of the molecule is COC(=O)P(=O)(OCOC(C)=O)OCOC(C)=O. The Bertz CT molecular complexity index is 340. The van der Waals surface area contributed by atoms with E-state index in [9.17, 15) is 18.9 Å². The fourth-order valence-corrected chi connectivity index (χ4v) is 1.50. The van der Waals surface area contributed by atoms with Crippen LogP contribution in [-0.4, -0.2) is 38.3 Å². The molecule has 0 spiro atoms. The highest BCUT2D eigenvalue weighted by Crippen LogP contribution is 2.49. The lowest BCUT2D eigenvalue weighted by atomic mass is 10.8. The van der Waals surface area contributed by atoms with Gasteiger partial charge in [-0.05, 0) is 0 Å². The molecular weight excluding hydrogens is 271 g/mol. The Balaban J connectivity index is 4.43. The van der Waals surface area contributed by atoms with Gasteiger partial charge in [0.1, 0.15) is 0 Å². The number of rotatable bonds is 7. The number of ether oxygens (including phenoxy) is 3. The van der Waals surface area contributed by atoms with Crippen LogP contribution in [0.15, 0.2) is 0 Å². The number of carbonyl (C=O) groups excluding carboxylic acids is 3. The van der Waals surface area contributed by atoms with Crippen molar-refractivity contribution in [2.75, 3.05) is 20.7 Å². The standard InChI is InChI=1S/C8H13O9P/c1-6(9)14-4-16-18(12,8(11)13-3)17-5-15-7(2)10/h4-5H2,1-3H3. The second-order valence-corrected chi connectivity index (χ2v) is 4.61. The highest BCUT2D eigenvalue weighted by molar-refractivity contribution is 7.71. The molecular formula is C8H13O9P. The van der Waals surface area contributed by atoms with E-state index in [0.717, 1.165) is 21.0 Å². The van der Waals surface area contributed by atoms with Crippen LogP contribution in [0.1, 0.15) is 13.8 Å². The molecule has 0 atom stereocenters. The van der Waals surface area contributed by atoms with E-state index >= 15 is 0 Å².